The van der Waals surface area contributed by atoms with Gasteiger partial charge in [-0.3, -0.25) is 0 Å². The third-order valence-electron chi connectivity index (χ3n) is 8.45. The van der Waals surface area contributed by atoms with Crippen LogP contribution in [0.1, 0.15) is 0 Å². The molecule has 0 saturated heterocycles. The van der Waals surface area contributed by atoms with Crippen molar-refractivity contribution >= 4 is 90.9 Å². The van der Waals surface area contributed by atoms with Crippen LogP contribution in [-0.4, -0.2) is 0 Å². The second kappa shape index (κ2) is 9.81. The van der Waals surface area contributed by atoms with Crippen LogP contribution in [0.2, 0.25) is 0 Å². The van der Waals surface area contributed by atoms with Gasteiger partial charge in [0.05, 0.1) is 0 Å². The zero-order chi connectivity index (χ0) is 28.3. The van der Waals surface area contributed by atoms with E-state index in [1.807, 2.05) is 22.7 Å². The van der Waals surface area contributed by atoms with Gasteiger partial charge < -0.3 is 4.90 Å². The monoisotopic (exact) mass is 583 g/mol. The van der Waals surface area contributed by atoms with E-state index in [0.29, 0.717) is 0 Å². The summed E-state index contributed by atoms with van der Waals surface area (Å²) in [6, 6.07) is 55.1. The summed E-state index contributed by atoms with van der Waals surface area (Å²) in [5, 5.41) is 8.02. The molecular weight excluding hydrogens is 559 g/mol. The number of fused-ring (bicyclic) bond motifs is 9. The van der Waals surface area contributed by atoms with Crippen molar-refractivity contribution in [2.75, 3.05) is 4.90 Å². The molecule has 9 aromatic rings. The lowest BCUT2D eigenvalue weighted by Crippen LogP contribution is -2.09. The molecule has 0 unspecified atom stereocenters. The SMILES string of the molecule is c1ccc(-c2ccc(N(c3ccccc3)c3ccc4sc5ccc6c7ccc8ccccc8c7sc6c5c4c3)cc2)cc1. The maximum absolute atomic E-state index is 2.40. The van der Waals surface area contributed by atoms with Gasteiger partial charge in [0.15, 0.2) is 0 Å². The van der Waals surface area contributed by atoms with Gasteiger partial charge in [-0.05, 0) is 70.4 Å². The molecule has 2 aromatic heterocycles. The third-order valence-corrected chi connectivity index (χ3v) is 10.9. The van der Waals surface area contributed by atoms with Crippen molar-refractivity contribution in [1.82, 2.24) is 0 Å². The average molecular weight is 584 g/mol. The summed E-state index contributed by atoms with van der Waals surface area (Å²) in [5.41, 5.74) is 5.90. The molecule has 0 amide bonds. The van der Waals surface area contributed by atoms with Gasteiger partial charge in [-0.25, -0.2) is 0 Å². The quantitative estimate of drug-likeness (QED) is 0.199. The zero-order valence-corrected chi connectivity index (χ0v) is 24.8. The fourth-order valence-electron chi connectivity index (χ4n) is 6.41. The summed E-state index contributed by atoms with van der Waals surface area (Å²) in [6.07, 6.45) is 0. The predicted octanol–water partition coefficient (Wildman–Crippen LogP) is 12.7. The van der Waals surface area contributed by atoms with Crippen LogP contribution >= 0.6 is 22.7 Å². The topological polar surface area (TPSA) is 3.24 Å². The molecule has 0 atom stereocenters. The summed E-state index contributed by atoms with van der Waals surface area (Å²) in [5.74, 6) is 0. The summed E-state index contributed by atoms with van der Waals surface area (Å²) in [6.45, 7) is 0. The van der Waals surface area contributed by atoms with Gasteiger partial charge in [-0.15, -0.1) is 22.7 Å². The highest BCUT2D eigenvalue weighted by Crippen LogP contribution is 2.47. The van der Waals surface area contributed by atoms with E-state index in [1.165, 1.54) is 62.2 Å². The van der Waals surface area contributed by atoms with Crippen molar-refractivity contribution in [3.63, 3.8) is 0 Å². The van der Waals surface area contributed by atoms with Crippen LogP contribution in [-0.2, 0) is 0 Å². The maximum Gasteiger partial charge on any atom is 0.0468 e. The minimum absolute atomic E-state index is 1.14. The van der Waals surface area contributed by atoms with Gasteiger partial charge in [-0.1, -0.05) is 103 Å². The van der Waals surface area contributed by atoms with Gasteiger partial charge >= 0.3 is 0 Å². The second-order valence-electron chi connectivity index (χ2n) is 10.9. The summed E-state index contributed by atoms with van der Waals surface area (Å²) in [7, 11) is 0. The molecule has 0 aliphatic rings. The maximum atomic E-state index is 2.40. The van der Waals surface area contributed by atoms with Gasteiger partial charge in [0.2, 0.25) is 0 Å². The fraction of sp³-hybridized carbons (Fsp3) is 0. The van der Waals surface area contributed by atoms with Crippen molar-refractivity contribution < 1.29 is 0 Å². The molecule has 0 spiro atoms. The van der Waals surface area contributed by atoms with Crippen LogP contribution < -0.4 is 4.90 Å². The minimum Gasteiger partial charge on any atom is -0.310 e. The van der Waals surface area contributed by atoms with Crippen LogP contribution in [0.5, 0.6) is 0 Å². The Bertz CT molecular complexity index is 2440. The summed E-state index contributed by atoms with van der Waals surface area (Å²) >= 11 is 3.83. The Morgan fingerprint density at radius 2 is 1.00 bits per heavy atom. The van der Waals surface area contributed by atoms with Crippen LogP contribution in [0.15, 0.2) is 152 Å². The summed E-state index contributed by atoms with van der Waals surface area (Å²) < 4.78 is 5.42. The number of nitrogens with zero attached hydrogens (tertiary/aromatic N) is 1. The molecule has 1 nitrogen and oxygen atoms in total. The molecular formula is C40H25NS2. The number of thiophene rings is 2. The second-order valence-corrected chi connectivity index (χ2v) is 13.1. The number of hydrogen-bond donors (Lipinski definition) is 0. The summed E-state index contributed by atoms with van der Waals surface area (Å²) in [4.78, 5) is 2.37. The number of para-hydroxylation sites is 1. The van der Waals surface area contributed by atoms with E-state index in [-0.39, 0.29) is 0 Å². The van der Waals surface area contributed by atoms with Gasteiger partial charge in [-0.2, -0.15) is 0 Å². The Balaban J connectivity index is 1.26. The lowest BCUT2D eigenvalue weighted by atomic mass is 10.0. The van der Waals surface area contributed by atoms with Crippen molar-refractivity contribution in [2.45, 2.75) is 0 Å². The van der Waals surface area contributed by atoms with Gasteiger partial charge in [0, 0.05) is 57.4 Å². The van der Waals surface area contributed by atoms with E-state index in [9.17, 15) is 0 Å². The van der Waals surface area contributed by atoms with Crippen molar-refractivity contribution in [3.05, 3.63) is 152 Å². The molecule has 0 N–H and O–H groups in total. The highest BCUT2D eigenvalue weighted by atomic mass is 32.1. The highest BCUT2D eigenvalue weighted by Gasteiger charge is 2.18. The number of benzene rings is 7. The van der Waals surface area contributed by atoms with Gasteiger partial charge in [0.1, 0.15) is 0 Å². The van der Waals surface area contributed by atoms with Gasteiger partial charge in [0.25, 0.3) is 0 Å². The number of hydrogen-bond acceptors (Lipinski definition) is 3. The minimum atomic E-state index is 1.14. The molecule has 0 fully saturated rings. The van der Waals surface area contributed by atoms with Crippen molar-refractivity contribution in [1.29, 1.82) is 0 Å². The molecule has 0 bridgehead atoms. The van der Waals surface area contributed by atoms with E-state index in [2.05, 4.69) is 157 Å². The van der Waals surface area contributed by atoms with Crippen LogP contribution in [0.3, 0.4) is 0 Å². The van der Waals surface area contributed by atoms with Crippen LogP contribution in [0.25, 0.3) is 62.2 Å². The predicted molar refractivity (Wildman–Crippen MR) is 190 cm³/mol. The zero-order valence-electron chi connectivity index (χ0n) is 23.2. The van der Waals surface area contributed by atoms with E-state index >= 15 is 0 Å². The smallest absolute Gasteiger partial charge is 0.0468 e. The highest BCUT2D eigenvalue weighted by molar-refractivity contribution is 7.30. The first kappa shape index (κ1) is 24.6. The molecule has 43 heavy (non-hydrogen) atoms. The Morgan fingerprint density at radius 3 is 1.84 bits per heavy atom. The number of anilines is 3. The Hall–Kier alpha value is -4.96. The van der Waals surface area contributed by atoms with Crippen LogP contribution in [0.4, 0.5) is 17.1 Å². The standard InChI is InChI=1S/C40H25NS2/c1-3-9-26(10-4-1)27-15-18-30(19-16-27)41(29-12-5-2-6-13-29)31-20-23-36-35(25-31)38-37(42-36)24-22-34-33-21-17-28-11-7-8-14-32(28)39(33)43-40(34)38/h1-25H. The lowest BCUT2D eigenvalue weighted by molar-refractivity contribution is 1.29. The third kappa shape index (κ3) is 3.97. The van der Waals surface area contributed by atoms with E-state index in [4.69, 9.17) is 0 Å². The molecule has 7 aromatic carbocycles. The van der Waals surface area contributed by atoms with E-state index < -0.39 is 0 Å². The number of rotatable bonds is 4. The van der Waals surface area contributed by atoms with Crippen molar-refractivity contribution in [2.24, 2.45) is 0 Å². The molecule has 2 heterocycles. The largest absolute Gasteiger partial charge is 0.310 e. The fourth-order valence-corrected chi connectivity index (χ4v) is 8.96. The van der Waals surface area contributed by atoms with Crippen molar-refractivity contribution in [3.8, 4) is 11.1 Å². The molecule has 0 aliphatic carbocycles. The Morgan fingerprint density at radius 1 is 0.372 bits per heavy atom. The average Bonchev–Trinajstić information content (AvgIpc) is 3.64. The first-order chi connectivity index (χ1) is 21.3. The molecule has 0 radical (unpaired) electrons. The normalized spacial score (nSPS) is 11.7. The molecule has 0 saturated carbocycles. The lowest BCUT2D eigenvalue weighted by Gasteiger charge is -2.26. The van der Waals surface area contributed by atoms with E-state index in [1.54, 1.807) is 0 Å². The first-order valence-electron chi connectivity index (χ1n) is 14.5. The molecule has 9 rings (SSSR count). The first-order valence-corrected chi connectivity index (χ1v) is 16.1. The Kier molecular flexibility index (Phi) is 5.62. The molecule has 0 aliphatic heterocycles. The van der Waals surface area contributed by atoms with Crippen LogP contribution in [0, 0.1) is 0 Å². The Labute approximate surface area is 257 Å². The molecule has 3 heteroatoms. The molecule has 202 valence electrons. The van der Waals surface area contributed by atoms with E-state index in [0.717, 1.165) is 17.1 Å².